The highest BCUT2D eigenvalue weighted by molar-refractivity contribution is 9.10. The van der Waals surface area contributed by atoms with E-state index in [1.165, 1.54) is 24.3 Å². The SMILES string of the molecule is O=C1S/C(=C/c2ccc(Oc3ccc(C(F)(F)F)cc3[N+](=O)[O-])c(Br)c2)C(=O)N1Cc1ccccc1Cl. The molecule has 0 aromatic heterocycles. The lowest BCUT2D eigenvalue weighted by Crippen LogP contribution is -2.27. The fourth-order valence-electron chi connectivity index (χ4n) is 3.32. The second-order valence-electron chi connectivity index (χ2n) is 7.59. The van der Waals surface area contributed by atoms with Gasteiger partial charge in [0.1, 0.15) is 5.75 Å². The minimum absolute atomic E-state index is 0.0179. The third kappa shape index (κ3) is 5.97. The fourth-order valence-corrected chi connectivity index (χ4v) is 4.83. The summed E-state index contributed by atoms with van der Waals surface area (Å²) < 4.78 is 44.6. The molecule has 3 aromatic carbocycles. The van der Waals surface area contributed by atoms with E-state index in [0.717, 1.165) is 22.7 Å². The van der Waals surface area contributed by atoms with Crippen LogP contribution in [0.25, 0.3) is 6.08 Å². The Labute approximate surface area is 225 Å². The third-order valence-corrected chi connectivity index (χ3v) is 7.01. The van der Waals surface area contributed by atoms with Crippen molar-refractivity contribution in [3.8, 4) is 11.5 Å². The summed E-state index contributed by atoms with van der Waals surface area (Å²) in [7, 11) is 0. The van der Waals surface area contributed by atoms with E-state index in [9.17, 15) is 32.9 Å². The van der Waals surface area contributed by atoms with Gasteiger partial charge in [0, 0.05) is 11.1 Å². The van der Waals surface area contributed by atoms with Gasteiger partial charge in [0.15, 0.2) is 0 Å². The van der Waals surface area contributed by atoms with Gasteiger partial charge in [0.2, 0.25) is 5.75 Å². The maximum atomic E-state index is 12.9. The van der Waals surface area contributed by atoms with Crippen LogP contribution >= 0.6 is 39.3 Å². The van der Waals surface area contributed by atoms with E-state index in [1.54, 1.807) is 24.3 Å². The summed E-state index contributed by atoms with van der Waals surface area (Å²) >= 11 is 10.2. The zero-order valence-corrected chi connectivity index (χ0v) is 21.5. The van der Waals surface area contributed by atoms with Gasteiger partial charge in [-0.3, -0.25) is 24.6 Å². The van der Waals surface area contributed by atoms with Crippen LogP contribution in [-0.4, -0.2) is 21.0 Å². The first kappa shape index (κ1) is 26.7. The Morgan fingerprint density at radius 2 is 1.78 bits per heavy atom. The average Bonchev–Trinajstić information content (AvgIpc) is 3.08. The zero-order chi connectivity index (χ0) is 26.9. The Balaban J connectivity index is 1.55. The molecule has 190 valence electrons. The normalized spacial score (nSPS) is 14.9. The second-order valence-corrected chi connectivity index (χ2v) is 9.84. The Kier molecular flexibility index (Phi) is 7.62. The number of rotatable bonds is 6. The number of carbonyl (C=O) groups is 2. The lowest BCUT2D eigenvalue weighted by atomic mass is 10.1. The van der Waals surface area contributed by atoms with Crippen LogP contribution in [0.3, 0.4) is 0 Å². The van der Waals surface area contributed by atoms with E-state index in [0.29, 0.717) is 32.8 Å². The van der Waals surface area contributed by atoms with Crippen LogP contribution in [0.2, 0.25) is 5.02 Å². The molecule has 0 spiro atoms. The number of alkyl halides is 3. The Morgan fingerprint density at radius 3 is 2.43 bits per heavy atom. The van der Waals surface area contributed by atoms with Crippen LogP contribution in [-0.2, 0) is 17.5 Å². The van der Waals surface area contributed by atoms with Crippen molar-refractivity contribution in [2.24, 2.45) is 0 Å². The molecule has 1 aliphatic heterocycles. The topological polar surface area (TPSA) is 89.7 Å². The molecule has 0 bridgehead atoms. The van der Waals surface area contributed by atoms with E-state index in [4.69, 9.17) is 16.3 Å². The fraction of sp³-hybridized carbons (Fsp3) is 0.0833. The number of carbonyl (C=O) groups excluding carboxylic acids is 2. The first-order valence-electron chi connectivity index (χ1n) is 10.3. The van der Waals surface area contributed by atoms with Gasteiger partial charge in [-0.05, 0) is 75.2 Å². The molecular formula is C24H13BrClF3N2O5S. The summed E-state index contributed by atoms with van der Waals surface area (Å²) in [6, 6.07) is 13.3. The first-order chi connectivity index (χ1) is 17.4. The zero-order valence-electron chi connectivity index (χ0n) is 18.3. The van der Waals surface area contributed by atoms with Crippen molar-refractivity contribution < 1.29 is 32.4 Å². The van der Waals surface area contributed by atoms with Gasteiger partial charge in [0.05, 0.1) is 26.4 Å². The lowest BCUT2D eigenvalue weighted by molar-refractivity contribution is -0.385. The maximum Gasteiger partial charge on any atom is 0.416 e. The van der Waals surface area contributed by atoms with Crippen molar-refractivity contribution in [1.82, 2.24) is 4.90 Å². The highest BCUT2D eigenvalue weighted by Crippen LogP contribution is 2.40. The van der Waals surface area contributed by atoms with Gasteiger partial charge in [-0.2, -0.15) is 13.2 Å². The molecule has 0 N–H and O–H groups in total. The molecule has 7 nitrogen and oxygen atoms in total. The van der Waals surface area contributed by atoms with E-state index < -0.39 is 33.5 Å². The number of benzene rings is 3. The van der Waals surface area contributed by atoms with Crippen molar-refractivity contribution in [1.29, 1.82) is 0 Å². The van der Waals surface area contributed by atoms with Crippen molar-refractivity contribution in [3.63, 3.8) is 0 Å². The Morgan fingerprint density at radius 1 is 1.08 bits per heavy atom. The molecule has 13 heteroatoms. The number of amides is 2. The van der Waals surface area contributed by atoms with E-state index in [1.807, 2.05) is 0 Å². The summed E-state index contributed by atoms with van der Waals surface area (Å²) in [4.78, 5) is 36.8. The monoisotopic (exact) mass is 612 g/mol. The molecule has 0 saturated carbocycles. The summed E-state index contributed by atoms with van der Waals surface area (Å²) in [5.41, 5.74) is -0.902. The second kappa shape index (κ2) is 10.6. The van der Waals surface area contributed by atoms with Gasteiger partial charge in [-0.1, -0.05) is 35.9 Å². The molecule has 3 aromatic rings. The van der Waals surface area contributed by atoms with Crippen molar-refractivity contribution in [2.75, 3.05) is 0 Å². The van der Waals surface area contributed by atoms with Gasteiger partial charge in [-0.15, -0.1) is 0 Å². The molecule has 1 fully saturated rings. The minimum atomic E-state index is -4.75. The largest absolute Gasteiger partial charge is 0.449 e. The standard InChI is InChI=1S/C24H13BrClF3N2O5S/c25-16-9-13(10-21-22(32)30(23(33)37-21)12-14-3-1-2-4-17(14)26)5-7-19(16)36-20-8-6-15(24(27,28)29)11-18(20)31(34)35/h1-11H,12H2/b21-10+. The predicted molar refractivity (Wildman–Crippen MR) is 135 cm³/mol. The molecule has 2 amide bonds. The molecule has 0 radical (unpaired) electrons. The maximum absolute atomic E-state index is 12.9. The highest BCUT2D eigenvalue weighted by Gasteiger charge is 2.36. The smallest absolute Gasteiger partial charge is 0.416 e. The molecule has 1 heterocycles. The van der Waals surface area contributed by atoms with Crippen LogP contribution in [0.15, 0.2) is 70.0 Å². The molecule has 0 unspecified atom stereocenters. The number of nitro groups is 1. The number of nitro benzene ring substituents is 1. The van der Waals surface area contributed by atoms with Gasteiger partial charge < -0.3 is 4.74 Å². The number of halogens is 5. The molecule has 1 saturated heterocycles. The average molecular weight is 614 g/mol. The predicted octanol–water partition coefficient (Wildman–Crippen LogP) is 8.06. The molecule has 37 heavy (non-hydrogen) atoms. The molecule has 1 aliphatic rings. The van der Waals surface area contributed by atoms with Crippen LogP contribution in [0.1, 0.15) is 16.7 Å². The summed E-state index contributed by atoms with van der Waals surface area (Å²) in [6.07, 6.45) is -3.26. The van der Waals surface area contributed by atoms with Crippen LogP contribution in [0.5, 0.6) is 11.5 Å². The number of thioether (sulfide) groups is 1. The van der Waals surface area contributed by atoms with Gasteiger partial charge >= 0.3 is 11.9 Å². The van der Waals surface area contributed by atoms with Crippen LogP contribution in [0.4, 0.5) is 23.7 Å². The highest BCUT2D eigenvalue weighted by atomic mass is 79.9. The number of nitrogens with zero attached hydrogens (tertiary/aromatic N) is 2. The molecule has 4 rings (SSSR count). The van der Waals surface area contributed by atoms with Crippen molar-refractivity contribution in [3.05, 3.63) is 102 Å². The van der Waals surface area contributed by atoms with Gasteiger partial charge in [-0.25, -0.2) is 0 Å². The molecule has 0 aliphatic carbocycles. The Hall–Kier alpha value is -3.35. The molecule has 0 atom stereocenters. The number of hydrogen-bond acceptors (Lipinski definition) is 6. The van der Waals surface area contributed by atoms with Crippen LogP contribution < -0.4 is 4.74 Å². The quantitative estimate of drug-likeness (QED) is 0.159. The van der Waals surface area contributed by atoms with Gasteiger partial charge in [0.25, 0.3) is 11.1 Å². The minimum Gasteiger partial charge on any atom is -0.449 e. The molecular weight excluding hydrogens is 601 g/mol. The van der Waals surface area contributed by atoms with E-state index in [-0.39, 0.29) is 22.9 Å². The number of hydrogen-bond donors (Lipinski definition) is 0. The van der Waals surface area contributed by atoms with E-state index in [2.05, 4.69) is 15.9 Å². The number of imide groups is 1. The van der Waals surface area contributed by atoms with Crippen molar-refractivity contribution in [2.45, 2.75) is 12.7 Å². The third-order valence-electron chi connectivity index (χ3n) is 5.12. The number of ether oxygens (including phenoxy) is 1. The first-order valence-corrected chi connectivity index (χ1v) is 12.2. The lowest BCUT2D eigenvalue weighted by Gasteiger charge is -2.13. The summed E-state index contributed by atoms with van der Waals surface area (Å²) in [5.74, 6) is -0.786. The summed E-state index contributed by atoms with van der Waals surface area (Å²) in [5, 5.41) is 11.3. The van der Waals surface area contributed by atoms with E-state index >= 15 is 0 Å². The summed E-state index contributed by atoms with van der Waals surface area (Å²) in [6.45, 7) is 0.0179. The van der Waals surface area contributed by atoms with Crippen molar-refractivity contribution >= 4 is 62.2 Å². The van der Waals surface area contributed by atoms with Crippen LogP contribution in [0, 0.1) is 10.1 Å². The Bertz CT molecular complexity index is 1460.